The fourth-order valence-electron chi connectivity index (χ4n) is 2.59. The van der Waals surface area contributed by atoms with Crippen molar-refractivity contribution in [2.45, 2.75) is 0 Å². The molecule has 1 heterocycles. The minimum absolute atomic E-state index is 0.339. The molecule has 1 aromatic heterocycles. The molecule has 2 aromatic carbocycles. The number of anilines is 2. The Kier molecular flexibility index (Phi) is 4.57. The first kappa shape index (κ1) is 15.7. The van der Waals surface area contributed by atoms with Crippen molar-refractivity contribution < 1.29 is 9.53 Å². The third kappa shape index (κ3) is 3.13. The number of aromatic nitrogens is 1. The Labute approximate surface area is 141 Å². The molecule has 0 aliphatic heterocycles. The molecule has 3 aromatic rings. The van der Waals surface area contributed by atoms with Crippen LogP contribution in [0, 0.1) is 0 Å². The van der Waals surface area contributed by atoms with Crippen molar-refractivity contribution in [3.05, 3.63) is 78.5 Å². The lowest BCUT2D eigenvalue weighted by atomic mass is 9.99. The lowest BCUT2D eigenvalue weighted by Crippen LogP contribution is -2.11. The summed E-state index contributed by atoms with van der Waals surface area (Å²) < 4.78 is 4.89. The van der Waals surface area contributed by atoms with Crippen molar-refractivity contribution in [3.8, 4) is 11.1 Å². The topological polar surface area (TPSA) is 42.4 Å². The molecule has 0 amide bonds. The Balaban J connectivity index is 2.02. The van der Waals surface area contributed by atoms with E-state index in [9.17, 15) is 4.79 Å². The van der Waals surface area contributed by atoms with Gasteiger partial charge in [-0.15, -0.1) is 0 Å². The van der Waals surface area contributed by atoms with E-state index >= 15 is 0 Å². The van der Waals surface area contributed by atoms with Gasteiger partial charge in [0.2, 0.25) is 0 Å². The average molecular weight is 318 g/mol. The van der Waals surface area contributed by atoms with Gasteiger partial charge in [0.1, 0.15) is 5.82 Å². The summed E-state index contributed by atoms with van der Waals surface area (Å²) in [4.78, 5) is 18.4. The number of carbonyl (C=O) groups excluding carboxylic acids is 1. The van der Waals surface area contributed by atoms with E-state index in [4.69, 9.17) is 4.74 Å². The zero-order valence-electron chi connectivity index (χ0n) is 13.6. The highest BCUT2D eigenvalue weighted by atomic mass is 16.5. The molecular formula is C20H18N2O2. The molecule has 0 saturated heterocycles. The lowest BCUT2D eigenvalue weighted by Gasteiger charge is -2.19. The van der Waals surface area contributed by atoms with Crippen LogP contribution in [0.25, 0.3) is 11.1 Å². The van der Waals surface area contributed by atoms with Gasteiger partial charge in [-0.3, -0.25) is 0 Å². The Morgan fingerprint density at radius 3 is 2.54 bits per heavy atom. The first-order chi connectivity index (χ1) is 11.7. The number of esters is 1. The first-order valence-electron chi connectivity index (χ1n) is 7.63. The highest BCUT2D eigenvalue weighted by molar-refractivity contribution is 5.97. The van der Waals surface area contributed by atoms with Crippen LogP contribution in [0.15, 0.2) is 72.9 Å². The molecule has 0 aliphatic carbocycles. The SMILES string of the molecule is COC(=O)c1ccccc1-c1cccc(N(C)c2ccccn2)c1. The van der Waals surface area contributed by atoms with E-state index in [0.29, 0.717) is 5.56 Å². The number of pyridine rings is 1. The van der Waals surface area contributed by atoms with E-state index in [0.717, 1.165) is 22.6 Å². The summed E-state index contributed by atoms with van der Waals surface area (Å²) in [5.74, 6) is 0.519. The van der Waals surface area contributed by atoms with Crippen LogP contribution >= 0.6 is 0 Å². The third-order valence-electron chi connectivity index (χ3n) is 3.87. The summed E-state index contributed by atoms with van der Waals surface area (Å²) in [6, 6.07) is 21.2. The van der Waals surface area contributed by atoms with Gasteiger partial charge >= 0.3 is 5.97 Å². The standard InChI is InChI=1S/C20H18N2O2/c1-22(19-12-5-6-13-21-19)16-9-7-8-15(14-16)17-10-3-4-11-18(17)20(23)24-2/h3-14H,1-2H3. The zero-order chi connectivity index (χ0) is 16.9. The van der Waals surface area contributed by atoms with Gasteiger partial charge in [-0.2, -0.15) is 0 Å². The van der Waals surface area contributed by atoms with E-state index in [1.54, 1.807) is 12.3 Å². The summed E-state index contributed by atoms with van der Waals surface area (Å²) in [5, 5.41) is 0. The summed E-state index contributed by atoms with van der Waals surface area (Å²) in [7, 11) is 3.36. The highest BCUT2D eigenvalue weighted by Crippen LogP contribution is 2.29. The van der Waals surface area contributed by atoms with Crippen LogP contribution in [0.3, 0.4) is 0 Å². The largest absolute Gasteiger partial charge is 0.465 e. The molecule has 0 radical (unpaired) electrons. The second-order valence-corrected chi connectivity index (χ2v) is 5.33. The molecule has 3 rings (SSSR count). The maximum Gasteiger partial charge on any atom is 0.338 e. The number of ether oxygens (including phenoxy) is 1. The van der Waals surface area contributed by atoms with Gasteiger partial charge in [0.15, 0.2) is 0 Å². The highest BCUT2D eigenvalue weighted by Gasteiger charge is 2.13. The maximum absolute atomic E-state index is 12.0. The molecule has 24 heavy (non-hydrogen) atoms. The van der Waals surface area contributed by atoms with Gasteiger partial charge in [0.05, 0.1) is 12.7 Å². The average Bonchev–Trinajstić information content (AvgIpc) is 2.67. The Morgan fingerprint density at radius 2 is 1.79 bits per heavy atom. The number of rotatable bonds is 4. The van der Waals surface area contributed by atoms with Crippen molar-refractivity contribution >= 4 is 17.5 Å². The Bertz CT molecular complexity index is 847. The quantitative estimate of drug-likeness (QED) is 0.673. The van der Waals surface area contributed by atoms with Crippen LogP contribution in [0.2, 0.25) is 0 Å². The van der Waals surface area contributed by atoms with Crippen molar-refractivity contribution in [2.75, 3.05) is 19.1 Å². The molecule has 0 fully saturated rings. The summed E-state index contributed by atoms with van der Waals surface area (Å²) in [6.45, 7) is 0. The van der Waals surface area contributed by atoms with Crippen LogP contribution in [-0.2, 0) is 4.74 Å². The fourth-order valence-corrected chi connectivity index (χ4v) is 2.59. The minimum atomic E-state index is -0.339. The summed E-state index contributed by atoms with van der Waals surface area (Å²) >= 11 is 0. The van der Waals surface area contributed by atoms with Gasteiger partial charge in [0, 0.05) is 18.9 Å². The summed E-state index contributed by atoms with van der Waals surface area (Å²) in [6.07, 6.45) is 1.77. The van der Waals surface area contributed by atoms with Crippen LogP contribution in [-0.4, -0.2) is 25.1 Å². The van der Waals surface area contributed by atoms with Gasteiger partial charge in [-0.25, -0.2) is 9.78 Å². The molecule has 0 saturated carbocycles. The van der Waals surface area contributed by atoms with E-state index in [1.165, 1.54) is 7.11 Å². The molecule has 0 aliphatic rings. The second kappa shape index (κ2) is 6.96. The van der Waals surface area contributed by atoms with Crippen molar-refractivity contribution in [3.63, 3.8) is 0 Å². The number of benzene rings is 2. The molecule has 0 atom stereocenters. The van der Waals surface area contributed by atoms with Crippen LogP contribution in [0.4, 0.5) is 11.5 Å². The van der Waals surface area contributed by atoms with E-state index < -0.39 is 0 Å². The predicted octanol–water partition coefficient (Wildman–Crippen LogP) is 4.30. The first-order valence-corrected chi connectivity index (χ1v) is 7.63. The predicted molar refractivity (Wildman–Crippen MR) is 95.5 cm³/mol. The summed E-state index contributed by atoms with van der Waals surface area (Å²) in [5.41, 5.74) is 3.35. The number of nitrogens with zero attached hydrogens (tertiary/aromatic N) is 2. The van der Waals surface area contributed by atoms with Crippen molar-refractivity contribution in [2.24, 2.45) is 0 Å². The number of hydrogen-bond donors (Lipinski definition) is 0. The van der Waals surface area contributed by atoms with Crippen molar-refractivity contribution in [1.29, 1.82) is 0 Å². The molecule has 120 valence electrons. The van der Waals surface area contributed by atoms with Gasteiger partial charge in [0.25, 0.3) is 0 Å². The third-order valence-corrected chi connectivity index (χ3v) is 3.87. The van der Waals surface area contributed by atoms with Crippen LogP contribution in [0.5, 0.6) is 0 Å². The van der Waals surface area contributed by atoms with Gasteiger partial charge in [-0.1, -0.05) is 36.4 Å². The second-order valence-electron chi connectivity index (χ2n) is 5.33. The zero-order valence-corrected chi connectivity index (χ0v) is 13.6. The van der Waals surface area contributed by atoms with E-state index in [2.05, 4.69) is 4.98 Å². The molecular weight excluding hydrogens is 300 g/mol. The molecule has 0 bridgehead atoms. The van der Waals surface area contributed by atoms with E-state index in [-0.39, 0.29) is 5.97 Å². The minimum Gasteiger partial charge on any atom is -0.465 e. The monoisotopic (exact) mass is 318 g/mol. The maximum atomic E-state index is 12.0. The number of carbonyl (C=O) groups is 1. The molecule has 0 unspecified atom stereocenters. The van der Waals surface area contributed by atoms with E-state index in [1.807, 2.05) is 72.6 Å². The molecule has 4 nitrogen and oxygen atoms in total. The lowest BCUT2D eigenvalue weighted by molar-refractivity contribution is 0.0601. The molecule has 0 spiro atoms. The normalized spacial score (nSPS) is 10.2. The fraction of sp³-hybridized carbons (Fsp3) is 0.100. The number of methoxy groups -OCH3 is 1. The van der Waals surface area contributed by atoms with Crippen molar-refractivity contribution in [1.82, 2.24) is 4.98 Å². The van der Waals surface area contributed by atoms with Gasteiger partial charge in [-0.05, 0) is 41.5 Å². The molecule has 0 N–H and O–H groups in total. The Morgan fingerprint density at radius 1 is 1.00 bits per heavy atom. The smallest absolute Gasteiger partial charge is 0.338 e. The van der Waals surface area contributed by atoms with Crippen LogP contribution in [0.1, 0.15) is 10.4 Å². The molecule has 4 heteroatoms. The van der Waals surface area contributed by atoms with Crippen LogP contribution < -0.4 is 4.90 Å². The van der Waals surface area contributed by atoms with Gasteiger partial charge < -0.3 is 9.64 Å². The Hall–Kier alpha value is -3.14. The number of hydrogen-bond acceptors (Lipinski definition) is 4.